The first-order valence-corrected chi connectivity index (χ1v) is 14.0. The summed E-state index contributed by atoms with van der Waals surface area (Å²) in [6.45, 7) is 0.146. The molecule has 0 radical (unpaired) electrons. The van der Waals surface area contributed by atoms with Gasteiger partial charge >= 0.3 is 0 Å². The Morgan fingerprint density at radius 2 is 1.86 bits per heavy atom. The minimum Gasteiger partial charge on any atom is -0.496 e. The van der Waals surface area contributed by atoms with Gasteiger partial charge in [0.05, 0.1) is 44.0 Å². The molecule has 0 amide bonds. The summed E-state index contributed by atoms with van der Waals surface area (Å²) in [4.78, 5) is 28.7. The van der Waals surface area contributed by atoms with Crippen molar-refractivity contribution in [1.82, 2.24) is 9.66 Å². The summed E-state index contributed by atoms with van der Waals surface area (Å²) in [5.74, 6) is 1.57. The molecule has 10 nitrogen and oxygen atoms in total. The second-order valence-electron chi connectivity index (χ2n) is 9.32. The van der Waals surface area contributed by atoms with Gasteiger partial charge in [0.2, 0.25) is 5.82 Å². The van der Waals surface area contributed by atoms with Gasteiger partial charge in [0.25, 0.3) is 11.2 Å². The van der Waals surface area contributed by atoms with Crippen LogP contribution in [0.3, 0.4) is 0 Å². The van der Waals surface area contributed by atoms with Crippen LogP contribution in [0.25, 0.3) is 33.5 Å². The number of aromatic nitrogens is 2. The first-order valence-electron chi connectivity index (χ1n) is 12.8. The fourth-order valence-electron chi connectivity index (χ4n) is 4.50. The van der Waals surface area contributed by atoms with Gasteiger partial charge in [-0.3, -0.25) is 14.9 Å². The zero-order valence-corrected chi connectivity index (χ0v) is 24.7. The van der Waals surface area contributed by atoms with Crippen molar-refractivity contribution in [1.29, 1.82) is 0 Å². The molecular formula is C31H20BrClN4O6. The number of para-hydroxylation sites is 1. The number of non-ortho nitro benzene ring substituents is 1. The number of nitro groups is 1. The van der Waals surface area contributed by atoms with Crippen molar-refractivity contribution in [2.45, 2.75) is 6.61 Å². The van der Waals surface area contributed by atoms with Crippen LogP contribution in [0.2, 0.25) is 5.02 Å². The van der Waals surface area contributed by atoms with Gasteiger partial charge in [-0.2, -0.15) is 9.78 Å². The Balaban J connectivity index is 1.35. The molecular weight excluding hydrogens is 640 g/mol. The van der Waals surface area contributed by atoms with Crippen molar-refractivity contribution < 1.29 is 18.8 Å². The van der Waals surface area contributed by atoms with Gasteiger partial charge in [0, 0.05) is 12.1 Å². The lowest BCUT2D eigenvalue weighted by molar-refractivity contribution is -0.384. The molecule has 0 spiro atoms. The molecule has 4 aromatic carbocycles. The summed E-state index contributed by atoms with van der Waals surface area (Å²) in [7, 11) is 1.57. The maximum absolute atomic E-state index is 13.6. The van der Waals surface area contributed by atoms with Crippen LogP contribution >= 0.6 is 27.5 Å². The predicted molar refractivity (Wildman–Crippen MR) is 167 cm³/mol. The number of nitrogens with zero attached hydrogens (tertiary/aromatic N) is 4. The van der Waals surface area contributed by atoms with E-state index < -0.39 is 4.92 Å². The summed E-state index contributed by atoms with van der Waals surface area (Å²) in [5.41, 5.74) is 2.01. The molecule has 214 valence electrons. The van der Waals surface area contributed by atoms with E-state index in [9.17, 15) is 14.9 Å². The number of methoxy groups -OCH3 is 1. The lowest BCUT2D eigenvalue weighted by Crippen LogP contribution is -2.20. The highest BCUT2D eigenvalue weighted by molar-refractivity contribution is 9.10. The van der Waals surface area contributed by atoms with Gasteiger partial charge in [0.15, 0.2) is 11.5 Å². The quantitative estimate of drug-likeness (QED) is 0.0937. The van der Waals surface area contributed by atoms with Crippen LogP contribution in [-0.4, -0.2) is 27.9 Å². The monoisotopic (exact) mass is 658 g/mol. The summed E-state index contributed by atoms with van der Waals surface area (Å²) in [6, 6.07) is 23.7. The fourth-order valence-corrected chi connectivity index (χ4v) is 5.49. The third kappa shape index (κ3) is 5.60. The van der Waals surface area contributed by atoms with Crippen molar-refractivity contribution in [3.8, 4) is 23.1 Å². The lowest BCUT2D eigenvalue weighted by atomic mass is 10.2. The van der Waals surface area contributed by atoms with Gasteiger partial charge < -0.3 is 13.9 Å². The molecule has 43 heavy (non-hydrogen) atoms. The summed E-state index contributed by atoms with van der Waals surface area (Å²) < 4.78 is 19.2. The molecule has 0 saturated heterocycles. The van der Waals surface area contributed by atoms with E-state index in [0.717, 1.165) is 10.9 Å². The van der Waals surface area contributed by atoms with Crippen molar-refractivity contribution >= 4 is 61.3 Å². The Kier molecular flexibility index (Phi) is 7.66. The number of nitro benzene ring substituents is 1. The number of hydrogen-bond acceptors (Lipinski definition) is 8. The van der Waals surface area contributed by atoms with Gasteiger partial charge in [-0.1, -0.05) is 29.8 Å². The van der Waals surface area contributed by atoms with E-state index in [1.165, 1.54) is 23.0 Å². The molecule has 0 fully saturated rings. The van der Waals surface area contributed by atoms with E-state index in [2.05, 4.69) is 21.0 Å². The number of fused-ring (bicyclic) bond motifs is 2. The predicted octanol–water partition coefficient (Wildman–Crippen LogP) is 7.60. The first-order chi connectivity index (χ1) is 20.8. The standard InChI is InChI=1S/C31H20BrClN4O6/c1-41-26-7-4-8-27-22(26)15-28(43-27)30-35-25-6-3-2-5-21(25)31(38)36(30)34-16-19-13-23(32)29(24(33)14-19)42-17-18-9-11-20(12-10-18)37(39)40/h2-16H,17H2,1H3. The second kappa shape index (κ2) is 11.7. The second-order valence-corrected chi connectivity index (χ2v) is 10.6. The number of ether oxygens (including phenoxy) is 2. The highest BCUT2D eigenvalue weighted by Crippen LogP contribution is 2.35. The van der Waals surface area contributed by atoms with E-state index >= 15 is 0 Å². The average molecular weight is 660 g/mol. The van der Waals surface area contributed by atoms with Crippen LogP contribution in [0.4, 0.5) is 5.69 Å². The molecule has 0 bridgehead atoms. The van der Waals surface area contributed by atoms with Crippen LogP contribution in [-0.2, 0) is 6.61 Å². The Morgan fingerprint density at radius 3 is 2.60 bits per heavy atom. The normalized spacial score (nSPS) is 11.4. The van der Waals surface area contributed by atoms with Crippen LogP contribution in [0, 0.1) is 10.1 Å². The largest absolute Gasteiger partial charge is 0.496 e. The van der Waals surface area contributed by atoms with Crippen molar-refractivity contribution in [3.63, 3.8) is 0 Å². The number of rotatable bonds is 8. The van der Waals surface area contributed by atoms with E-state index in [1.807, 2.05) is 12.1 Å². The average Bonchev–Trinajstić information content (AvgIpc) is 3.45. The minimum atomic E-state index is -0.461. The van der Waals surface area contributed by atoms with Crippen LogP contribution in [0.5, 0.6) is 11.5 Å². The highest BCUT2D eigenvalue weighted by atomic mass is 79.9. The molecule has 0 aliphatic rings. The molecule has 0 atom stereocenters. The van der Waals surface area contributed by atoms with Crippen LogP contribution < -0.4 is 15.0 Å². The van der Waals surface area contributed by atoms with Crippen molar-refractivity contribution in [2.24, 2.45) is 5.10 Å². The van der Waals surface area contributed by atoms with E-state index in [0.29, 0.717) is 48.8 Å². The zero-order chi connectivity index (χ0) is 30.1. The van der Waals surface area contributed by atoms with Crippen molar-refractivity contribution in [3.05, 3.63) is 126 Å². The molecule has 0 saturated carbocycles. The van der Waals surface area contributed by atoms with Gasteiger partial charge in [-0.25, -0.2) is 4.98 Å². The summed E-state index contributed by atoms with van der Waals surface area (Å²) in [5, 5.41) is 16.8. The van der Waals surface area contributed by atoms with E-state index in [-0.39, 0.29) is 23.7 Å². The van der Waals surface area contributed by atoms with Gasteiger partial charge in [-0.15, -0.1) is 0 Å². The maximum atomic E-state index is 13.6. The smallest absolute Gasteiger partial charge is 0.282 e. The third-order valence-corrected chi connectivity index (χ3v) is 7.46. The topological polar surface area (TPSA) is 122 Å². The number of benzene rings is 4. The SMILES string of the molecule is COc1cccc2oc(-c3nc4ccccc4c(=O)n3N=Cc3cc(Cl)c(OCc4ccc([N+](=O)[O-])cc4)c(Br)c3)cc12. The number of hydrogen-bond donors (Lipinski definition) is 0. The van der Waals surface area contributed by atoms with Crippen molar-refractivity contribution in [2.75, 3.05) is 7.11 Å². The Labute approximate surface area is 257 Å². The molecule has 12 heteroatoms. The lowest BCUT2D eigenvalue weighted by Gasteiger charge is -2.11. The Hall–Kier alpha value is -5.00. The van der Waals surface area contributed by atoms with Gasteiger partial charge in [-0.05, 0) is 81.7 Å². The molecule has 0 N–H and O–H groups in total. The maximum Gasteiger partial charge on any atom is 0.282 e. The zero-order valence-electron chi connectivity index (χ0n) is 22.4. The molecule has 6 aromatic rings. The Morgan fingerprint density at radius 1 is 1.07 bits per heavy atom. The summed E-state index contributed by atoms with van der Waals surface area (Å²) >= 11 is 10.0. The summed E-state index contributed by atoms with van der Waals surface area (Å²) in [6.07, 6.45) is 1.49. The van der Waals surface area contributed by atoms with Crippen LogP contribution in [0.1, 0.15) is 11.1 Å². The fraction of sp³-hybridized carbons (Fsp3) is 0.0645. The first kappa shape index (κ1) is 28.1. The van der Waals surface area contributed by atoms with E-state index in [1.54, 1.807) is 67.8 Å². The van der Waals surface area contributed by atoms with Gasteiger partial charge in [0.1, 0.15) is 17.9 Å². The molecule has 6 rings (SSSR count). The van der Waals surface area contributed by atoms with E-state index in [4.69, 9.17) is 30.5 Å². The molecule has 0 aliphatic heterocycles. The molecule has 2 heterocycles. The van der Waals surface area contributed by atoms with Crippen LogP contribution in [0.15, 0.2) is 104 Å². The highest BCUT2D eigenvalue weighted by Gasteiger charge is 2.18. The molecule has 2 aromatic heterocycles. The number of furan rings is 1. The number of halogens is 2. The third-order valence-electron chi connectivity index (χ3n) is 6.59. The Bertz CT molecular complexity index is 2080. The molecule has 0 unspecified atom stereocenters. The minimum absolute atomic E-state index is 0.00414. The molecule has 0 aliphatic carbocycles.